The highest BCUT2D eigenvalue weighted by Crippen LogP contribution is 2.16. The molecule has 0 amide bonds. The van der Waals surface area contributed by atoms with Crippen LogP contribution < -0.4 is 0 Å². The average Bonchev–Trinajstić information content (AvgIpc) is 2.34. The van der Waals surface area contributed by atoms with Gasteiger partial charge in [0.15, 0.2) is 0 Å². The number of carbonyl (C=O) groups excluding carboxylic acids is 1. The second-order valence-electron chi connectivity index (χ2n) is 4.44. The van der Waals surface area contributed by atoms with Crippen LogP contribution in [-0.4, -0.2) is 16.7 Å². The Labute approximate surface area is 109 Å². The van der Waals surface area contributed by atoms with Crippen molar-refractivity contribution >= 4 is 24.1 Å². The van der Waals surface area contributed by atoms with Gasteiger partial charge in [0, 0.05) is 10.8 Å². The van der Waals surface area contributed by atoms with Gasteiger partial charge in [-0.3, -0.25) is 4.79 Å². The lowest BCUT2D eigenvalue weighted by molar-refractivity contribution is -0.109. The van der Waals surface area contributed by atoms with Crippen molar-refractivity contribution in [3.8, 4) is 0 Å². The van der Waals surface area contributed by atoms with E-state index < -0.39 is 0 Å². The van der Waals surface area contributed by atoms with Crippen molar-refractivity contribution in [3.63, 3.8) is 0 Å². The van der Waals surface area contributed by atoms with Crippen molar-refractivity contribution in [3.05, 3.63) is 23.8 Å². The third-order valence-corrected chi connectivity index (χ3v) is 3.28. The Hall–Kier alpha value is -0.830. The van der Waals surface area contributed by atoms with Gasteiger partial charge in [-0.25, -0.2) is 0 Å². The van der Waals surface area contributed by atoms with Gasteiger partial charge in [-0.15, -0.1) is 0 Å². The molecule has 0 spiro atoms. The van der Waals surface area contributed by atoms with E-state index in [-0.39, 0.29) is 16.7 Å². The number of ketones is 1. The van der Waals surface area contributed by atoms with E-state index in [2.05, 4.69) is 19.6 Å². The molecule has 3 heteroatoms. The normalized spacial score (nSPS) is 18.9. The minimum atomic E-state index is -0.113. The number of nitrogens with one attached hydrogen (secondary N) is 1. The number of hydrogen-bond acceptors (Lipinski definition) is 3. The first-order valence-electron chi connectivity index (χ1n) is 6.33. The maximum atomic E-state index is 11.9. The second kappa shape index (κ2) is 7.49. The zero-order chi connectivity index (χ0) is 12.7. The highest BCUT2D eigenvalue weighted by atomic mass is 32.1. The van der Waals surface area contributed by atoms with Crippen LogP contribution in [0.2, 0.25) is 0 Å². The Balaban J connectivity index is 2.37. The Morgan fingerprint density at radius 2 is 2.24 bits per heavy atom. The van der Waals surface area contributed by atoms with E-state index in [4.69, 9.17) is 5.41 Å². The molecule has 1 aliphatic carbocycles. The van der Waals surface area contributed by atoms with Gasteiger partial charge in [0.25, 0.3) is 0 Å². The highest BCUT2D eigenvalue weighted by molar-refractivity contribution is 7.81. The molecule has 1 N–H and O–H groups in total. The van der Waals surface area contributed by atoms with Crippen LogP contribution in [0.15, 0.2) is 23.8 Å². The lowest BCUT2D eigenvalue weighted by Crippen LogP contribution is -2.16. The van der Waals surface area contributed by atoms with Crippen LogP contribution in [0.1, 0.15) is 45.4 Å². The molecule has 0 bridgehead atoms. The number of carbonyl (C=O) groups is 1. The number of allylic oxidation sites excluding steroid dienone is 3. The fourth-order valence-corrected chi connectivity index (χ4v) is 1.99. The van der Waals surface area contributed by atoms with Crippen molar-refractivity contribution < 1.29 is 4.79 Å². The zero-order valence-electron chi connectivity index (χ0n) is 10.4. The number of Topliss-reactive ketones (excluding diaryl/α,β-unsaturated/α-hetero) is 1. The average molecular weight is 251 g/mol. The van der Waals surface area contributed by atoms with Crippen molar-refractivity contribution in [2.45, 2.75) is 50.7 Å². The predicted octanol–water partition coefficient (Wildman–Crippen LogP) is 3.73. The molecule has 0 heterocycles. The topological polar surface area (TPSA) is 40.9 Å². The monoisotopic (exact) mass is 251 g/mol. The summed E-state index contributed by atoms with van der Waals surface area (Å²) in [5.74, 6) is -0.113. The summed E-state index contributed by atoms with van der Waals surface area (Å²) in [7, 11) is 0. The van der Waals surface area contributed by atoms with E-state index in [1.54, 1.807) is 6.08 Å². The summed E-state index contributed by atoms with van der Waals surface area (Å²) in [4.78, 5) is 11.9. The maximum Gasteiger partial charge on any atom is 0.206 e. The summed E-state index contributed by atoms with van der Waals surface area (Å²) in [6.07, 6.45) is 11.4. The van der Waals surface area contributed by atoms with Crippen molar-refractivity contribution in [2.24, 2.45) is 0 Å². The molecule has 17 heavy (non-hydrogen) atoms. The Kier molecular flexibility index (Phi) is 6.27. The van der Waals surface area contributed by atoms with E-state index in [0.29, 0.717) is 12.0 Å². The molecule has 94 valence electrons. The second-order valence-corrected chi connectivity index (χ2v) is 5.10. The van der Waals surface area contributed by atoms with E-state index in [0.717, 1.165) is 19.3 Å². The van der Waals surface area contributed by atoms with E-state index in [9.17, 15) is 4.79 Å². The first-order valence-corrected chi connectivity index (χ1v) is 6.85. The lowest BCUT2D eigenvalue weighted by Gasteiger charge is -2.10. The molecule has 0 saturated heterocycles. The predicted molar refractivity (Wildman–Crippen MR) is 76.1 cm³/mol. The molecule has 0 aromatic heterocycles. The largest absolute Gasteiger partial charge is 0.301 e. The number of thiol groups is 1. The molecule has 0 aromatic carbocycles. The third kappa shape index (κ3) is 4.90. The SMILES string of the molecule is CCCCCCC(=N)C(=O)C1=CCC(S)C=C1. The van der Waals surface area contributed by atoms with Crippen LogP contribution in [0, 0.1) is 5.41 Å². The van der Waals surface area contributed by atoms with Crippen LogP contribution in [0.3, 0.4) is 0 Å². The van der Waals surface area contributed by atoms with E-state index in [1.807, 2.05) is 12.2 Å². The molecule has 0 radical (unpaired) electrons. The number of rotatable bonds is 7. The third-order valence-electron chi connectivity index (χ3n) is 2.89. The minimum absolute atomic E-state index is 0.113. The van der Waals surface area contributed by atoms with Crippen LogP contribution in [0.25, 0.3) is 0 Å². The van der Waals surface area contributed by atoms with Gasteiger partial charge in [-0.2, -0.15) is 12.6 Å². The Morgan fingerprint density at radius 3 is 2.82 bits per heavy atom. The molecule has 1 aliphatic rings. The molecule has 1 unspecified atom stereocenters. The number of hydrogen-bond donors (Lipinski definition) is 2. The van der Waals surface area contributed by atoms with Gasteiger partial charge in [0.05, 0.1) is 5.71 Å². The van der Waals surface area contributed by atoms with Crippen LogP contribution >= 0.6 is 12.6 Å². The molecule has 0 aromatic rings. The number of unbranched alkanes of at least 4 members (excludes halogenated alkanes) is 3. The van der Waals surface area contributed by atoms with E-state index in [1.165, 1.54) is 12.8 Å². The van der Waals surface area contributed by atoms with Gasteiger partial charge in [-0.05, 0) is 19.3 Å². The molecule has 2 nitrogen and oxygen atoms in total. The maximum absolute atomic E-state index is 11.9. The zero-order valence-corrected chi connectivity index (χ0v) is 11.3. The molecular formula is C14H21NOS. The fourth-order valence-electron chi connectivity index (χ4n) is 1.79. The Bertz CT molecular complexity index is 344. The van der Waals surface area contributed by atoms with Crippen molar-refractivity contribution in [1.29, 1.82) is 5.41 Å². The molecule has 0 fully saturated rings. The summed E-state index contributed by atoms with van der Waals surface area (Å²) in [5.41, 5.74) is 0.908. The fraction of sp³-hybridized carbons (Fsp3) is 0.571. The van der Waals surface area contributed by atoms with Crippen molar-refractivity contribution in [2.75, 3.05) is 0 Å². The minimum Gasteiger partial charge on any atom is -0.301 e. The molecule has 0 saturated carbocycles. The van der Waals surface area contributed by atoms with Crippen LogP contribution in [-0.2, 0) is 4.79 Å². The molecule has 0 aliphatic heterocycles. The smallest absolute Gasteiger partial charge is 0.206 e. The summed E-state index contributed by atoms with van der Waals surface area (Å²) in [6, 6.07) is 0. The standard InChI is InChI=1S/C14H21NOS/c1-2-3-4-5-6-13(15)14(16)11-7-9-12(17)10-8-11/h7-9,12,15,17H,2-6,10H2,1H3. The van der Waals surface area contributed by atoms with Crippen molar-refractivity contribution in [1.82, 2.24) is 0 Å². The van der Waals surface area contributed by atoms with Gasteiger partial charge in [0.1, 0.15) is 0 Å². The van der Waals surface area contributed by atoms with Crippen LogP contribution in [0.5, 0.6) is 0 Å². The summed E-state index contributed by atoms with van der Waals surface area (Å²) in [6.45, 7) is 2.15. The molecule has 1 rings (SSSR count). The summed E-state index contributed by atoms with van der Waals surface area (Å²) < 4.78 is 0. The lowest BCUT2D eigenvalue weighted by atomic mass is 9.97. The van der Waals surface area contributed by atoms with Gasteiger partial charge in [0.2, 0.25) is 5.78 Å². The molecular weight excluding hydrogens is 230 g/mol. The quantitative estimate of drug-likeness (QED) is 0.404. The van der Waals surface area contributed by atoms with Gasteiger partial charge >= 0.3 is 0 Å². The summed E-state index contributed by atoms with van der Waals surface area (Å²) >= 11 is 4.31. The Morgan fingerprint density at radius 1 is 1.47 bits per heavy atom. The highest BCUT2D eigenvalue weighted by Gasteiger charge is 2.15. The first kappa shape index (κ1) is 14.2. The van der Waals surface area contributed by atoms with Crippen LogP contribution in [0.4, 0.5) is 0 Å². The van der Waals surface area contributed by atoms with Gasteiger partial charge in [-0.1, -0.05) is 44.4 Å². The summed E-state index contributed by atoms with van der Waals surface area (Å²) in [5, 5.41) is 7.99. The van der Waals surface area contributed by atoms with E-state index >= 15 is 0 Å². The van der Waals surface area contributed by atoms with Gasteiger partial charge < -0.3 is 5.41 Å². The molecule has 1 atom stereocenters. The first-order chi connectivity index (χ1) is 8.15.